The minimum absolute atomic E-state index is 0.363. The van der Waals surface area contributed by atoms with Crippen LogP contribution in [0.5, 0.6) is 0 Å². The van der Waals surface area contributed by atoms with Crippen molar-refractivity contribution in [2.75, 3.05) is 10.0 Å². The monoisotopic (exact) mass is 388 g/mol. The second kappa shape index (κ2) is 8.18. The number of hydrogen-bond acceptors (Lipinski definition) is 3. The molecule has 0 atom stereocenters. The summed E-state index contributed by atoms with van der Waals surface area (Å²) in [5.41, 5.74) is 1.96. The van der Waals surface area contributed by atoms with E-state index in [0.717, 1.165) is 24.1 Å². The zero-order chi connectivity index (χ0) is 19.4. The summed E-state index contributed by atoms with van der Waals surface area (Å²) in [7, 11) is 0. The highest BCUT2D eigenvalue weighted by Gasteiger charge is 2.08. The van der Waals surface area contributed by atoms with Crippen LogP contribution in [-0.2, 0) is 0 Å². The normalized spacial score (nSPS) is 10.5. The third kappa shape index (κ3) is 4.83. The molecule has 3 aromatic rings. The highest BCUT2D eigenvalue weighted by atomic mass is 32.2. The van der Waals surface area contributed by atoms with Crippen molar-refractivity contribution in [3.05, 3.63) is 89.2 Å². The summed E-state index contributed by atoms with van der Waals surface area (Å²) in [6.07, 6.45) is 0. The molecule has 0 saturated carbocycles. The third-order valence-corrected chi connectivity index (χ3v) is 4.58. The average Bonchev–Trinajstić information content (AvgIpc) is 2.66. The van der Waals surface area contributed by atoms with E-state index in [-0.39, 0.29) is 11.7 Å². The Labute approximate surface area is 158 Å². The summed E-state index contributed by atoms with van der Waals surface area (Å²) in [5, 5.41) is 2.63. The van der Waals surface area contributed by atoms with E-state index in [2.05, 4.69) is 10.0 Å². The van der Waals surface area contributed by atoms with Gasteiger partial charge in [-0.2, -0.15) is 0 Å². The molecule has 0 heterocycles. The van der Waals surface area contributed by atoms with E-state index in [1.54, 1.807) is 43.3 Å². The van der Waals surface area contributed by atoms with Crippen molar-refractivity contribution in [3.8, 4) is 0 Å². The maximum absolute atomic E-state index is 13.6. The fourth-order valence-corrected chi connectivity index (χ4v) is 2.89. The summed E-state index contributed by atoms with van der Waals surface area (Å²) >= 11 is 1.12. The minimum Gasteiger partial charge on any atom is -0.326 e. The molecule has 0 bridgehead atoms. The Kier molecular flexibility index (Phi) is 5.71. The first-order valence-corrected chi connectivity index (χ1v) is 8.79. The second-order valence-electron chi connectivity index (χ2n) is 5.78. The van der Waals surface area contributed by atoms with Crippen LogP contribution in [0.2, 0.25) is 0 Å². The van der Waals surface area contributed by atoms with E-state index in [0.29, 0.717) is 27.4 Å². The molecule has 0 saturated heterocycles. The fraction of sp³-hybridized carbons (Fsp3) is 0.0500. The molecule has 27 heavy (non-hydrogen) atoms. The van der Waals surface area contributed by atoms with Gasteiger partial charge >= 0.3 is 0 Å². The number of nitrogens with one attached hydrogen (secondary N) is 2. The first-order valence-electron chi connectivity index (χ1n) is 7.98. The minimum atomic E-state index is -0.915. The van der Waals surface area contributed by atoms with Crippen LogP contribution in [0, 0.1) is 24.4 Å². The highest BCUT2D eigenvalue weighted by Crippen LogP contribution is 2.23. The predicted octanol–water partition coefficient (Wildman–Crippen LogP) is 5.78. The highest BCUT2D eigenvalue weighted by molar-refractivity contribution is 8.00. The fourth-order valence-electron chi connectivity index (χ4n) is 2.22. The number of hydrogen-bond donors (Lipinski definition) is 2. The molecular formula is C20H15F3N2OS. The molecule has 2 N–H and O–H groups in total. The predicted molar refractivity (Wildman–Crippen MR) is 101 cm³/mol. The van der Waals surface area contributed by atoms with Crippen LogP contribution in [0.4, 0.5) is 24.5 Å². The molecule has 3 aromatic carbocycles. The van der Waals surface area contributed by atoms with Crippen LogP contribution in [0.1, 0.15) is 15.9 Å². The Morgan fingerprint density at radius 3 is 2.19 bits per heavy atom. The molecule has 7 heteroatoms. The van der Waals surface area contributed by atoms with Crippen molar-refractivity contribution >= 4 is 29.2 Å². The van der Waals surface area contributed by atoms with Gasteiger partial charge in [0.25, 0.3) is 5.91 Å². The van der Waals surface area contributed by atoms with Crippen LogP contribution in [0.15, 0.2) is 65.6 Å². The lowest BCUT2D eigenvalue weighted by Crippen LogP contribution is -2.12. The summed E-state index contributed by atoms with van der Waals surface area (Å²) < 4.78 is 42.6. The second-order valence-corrected chi connectivity index (χ2v) is 6.66. The largest absolute Gasteiger partial charge is 0.326 e. The SMILES string of the molecule is Cc1ccc(NC(=O)c2ccc(NSc3ccc(F)c(F)c3)cc2)cc1F. The first-order chi connectivity index (χ1) is 12.9. The molecule has 0 unspecified atom stereocenters. The van der Waals surface area contributed by atoms with Crippen molar-refractivity contribution in [2.24, 2.45) is 0 Å². The van der Waals surface area contributed by atoms with Gasteiger partial charge in [0.1, 0.15) is 5.82 Å². The molecule has 3 rings (SSSR count). The molecular weight excluding hydrogens is 373 g/mol. The zero-order valence-corrected chi connectivity index (χ0v) is 15.0. The Hall–Kier alpha value is -2.93. The van der Waals surface area contributed by atoms with Crippen LogP contribution in [-0.4, -0.2) is 5.91 Å². The van der Waals surface area contributed by atoms with Gasteiger partial charge in [-0.1, -0.05) is 6.07 Å². The third-order valence-electron chi connectivity index (χ3n) is 3.75. The number of anilines is 2. The summed E-state index contributed by atoms with van der Waals surface area (Å²) in [5.74, 6) is -2.57. The topological polar surface area (TPSA) is 41.1 Å². The van der Waals surface area contributed by atoms with Crippen LogP contribution < -0.4 is 10.0 Å². The van der Waals surface area contributed by atoms with Crippen molar-refractivity contribution in [3.63, 3.8) is 0 Å². The molecule has 3 nitrogen and oxygen atoms in total. The smallest absolute Gasteiger partial charge is 0.255 e. The van der Waals surface area contributed by atoms with Crippen LogP contribution >= 0.6 is 11.9 Å². The lowest BCUT2D eigenvalue weighted by molar-refractivity contribution is 0.102. The number of carbonyl (C=O) groups excluding carboxylic acids is 1. The molecule has 0 fully saturated rings. The summed E-state index contributed by atoms with van der Waals surface area (Å²) in [6, 6.07) is 14.7. The van der Waals surface area contributed by atoms with Crippen LogP contribution in [0.25, 0.3) is 0 Å². The van der Waals surface area contributed by atoms with Gasteiger partial charge in [-0.15, -0.1) is 0 Å². The van der Waals surface area contributed by atoms with Gasteiger partial charge < -0.3 is 10.0 Å². The van der Waals surface area contributed by atoms with E-state index < -0.39 is 11.6 Å². The lowest BCUT2D eigenvalue weighted by Gasteiger charge is -2.08. The summed E-state index contributed by atoms with van der Waals surface area (Å²) in [6.45, 7) is 1.64. The number of carbonyl (C=O) groups is 1. The molecule has 0 aliphatic carbocycles. The maximum Gasteiger partial charge on any atom is 0.255 e. The number of aryl methyl sites for hydroxylation is 1. The molecule has 0 radical (unpaired) electrons. The van der Waals surface area contributed by atoms with Gasteiger partial charge in [0.2, 0.25) is 0 Å². The van der Waals surface area contributed by atoms with E-state index in [9.17, 15) is 18.0 Å². The molecule has 1 amide bonds. The number of rotatable bonds is 5. The first kappa shape index (κ1) is 18.8. The van der Waals surface area contributed by atoms with E-state index in [1.807, 2.05) is 0 Å². The van der Waals surface area contributed by atoms with Gasteiger partial charge in [-0.25, -0.2) is 13.2 Å². The van der Waals surface area contributed by atoms with Gasteiger partial charge in [0.05, 0.1) is 0 Å². The van der Waals surface area contributed by atoms with Gasteiger partial charge in [0, 0.05) is 21.8 Å². The lowest BCUT2D eigenvalue weighted by atomic mass is 10.1. The molecule has 0 spiro atoms. The average molecular weight is 388 g/mol. The standard InChI is InChI=1S/C20H15F3N2OS/c1-12-2-5-15(10-18(12)22)24-20(26)13-3-6-14(7-4-13)25-27-16-8-9-17(21)19(23)11-16/h2-11,25H,1H3,(H,24,26). The molecule has 0 aliphatic heterocycles. The Bertz CT molecular complexity index is 977. The van der Waals surface area contributed by atoms with Crippen molar-refractivity contribution < 1.29 is 18.0 Å². The Balaban J connectivity index is 1.61. The van der Waals surface area contributed by atoms with E-state index >= 15 is 0 Å². The van der Waals surface area contributed by atoms with Crippen molar-refractivity contribution in [1.82, 2.24) is 0 Å². The molecule has 0 aliphatic rings. The van der Waals surface area contributed by atoms with E-state index in [1.165, 1.54) is 12.1 Å². The Morgan fingerprint density at radius 2 is 1.52 bits per heavy atom. The van der Waals surface area contributed by atoms with E-state index in [4.69, 9.17) is 0 Å². The Morgan fingerprint density at radius 1 is 0.815 bits per heavy atom. The van der Waals surface area contributed by atoms with Crippen molar-refractivity contribution in [1.29, 1.82) is 0 Å². The van der Waals surface area contributed by atoms with Crippen LogP contribution in [0.3, 0.4) is 0 Å². The quantitative estimate of drug-likeness (QED) is 0.544. The van der Waals surface area contributed by atoms with Gasteiger partial charge in [-0.05, 0) is 79.0 Å². The van der Waals surface area contributed by atoms with Gasteiger partial charge in [0.15, 0.2) is 11.6 Å². The van der Waals surface area contributed by atoms with Gasteiger partial charge in [-0.3, -0.25) is 4.79 Å². The number of halogens is 3. The summed E-state index contributed by atoms with van der Waals surface area (Å²) in [4.78, 5) is 12.7. The molecule has 0 aromatic heterocycles. The maximum atomic E-state index is 13.6. The van der Waals surface area contributed by atoms with Crippen molar-refractivity contribution in [2.45, 2.75) is 11.8 Å². The number of amides is 1. The zero-order valence-electron chi connectivity index (χ0n) is 14.2. The molecule has 138 valence electrons. The number of benzene rings is 3.